The summed E-state index contributed by atoms with van der Waals surface area (Å²) in [6.07, 6.45) is 7.45. The summed E-state index contributed by atoms with van der Waals surface area (Å²) in [5.74, 6) is -0.251. The molecule has 0 aromatic rings. The highest BCUT2D eigenvalue weighted by molar-refractivity contribution is 5.80. The number of nitrogens with zero attached hydrogens (tertiary/aromatic N) is 2. The van der Waals surface area contributed by atoms with Gasteiger partial charge < -0.3 is 10.0 Å². The number of carbonyl (C=O) groups excluding carboxylic acids is 1. The minimum absolute atomic E-state index is 0.109. The molecule has 2 atom stereocenters. The van der Waals surface area contributed by atoms with Crippen molar-refractivity contribution in [1.82, 2.24) is 9.80 Å². The Morgan fingerprint density at radius 1 is 1.05 bits per heavy atom. The molecular weight excluding hydrogens is 268 g/mol. The quantitative estimate of drug-likeness (QED) is 0.865. The van der Waals surface area contributed by atoms with Crippen molar-refractivity contribution in [3.63, 3.8) is 0 Å². The first-order valence-electron chi connectivity index (χ1n) is 8.32. The monoisotopic (exact) mass is 296 g/mol. The Balaban J connectivity index is 1.91. The molecule has 2 aliphatic heterocycles. The van der Waals surface area contributed by atoms with Gasteiger partial charge in [-0.1, -0.05) is 26.2 Å². The lowest BCUT2D eigenvalue weighted by atomic mass is 9.92. The van der Waals surface area contributed by atoms with Crippen LogP contribution in [-0.4, -0.2) is 59.0 Å². The average molecular weight is 296 g/mol. The number of aliphatic carboxylic acids is 1. The molecule has 0 bridgehead atoms. The molecule has 0 spiro atoms. The molecule has 0 saturated carbocycles. The zero-order chi connectivity index (χ0) is 15.2. The molecule has 1 amide bonds. The Bertz CT molecular complexity index is 365. The molecule has 2 rings (SSSR count). The summed E-state index contributed by atoms with van der Waals surface area (Å²) < 4.78 is 0. The van der Waals surface area contributed by atoms with Crippen molar-refractivity contribution in [2.75, 3.05) is 26.2 Å². The molecule has 2 heterocycles. The molecule has 5 heteroatoms. The summed E-state index contributed by atoms with van der Waals surface area (Å²) in [6.45, 7) is 4.75. The lowest BCUT2D eigenvalue weighted by Crippen LogP contribution is -2.51. The van der Waals surface area contributed by atoms with Crippen LogP contribution in [0, 0.1) is 5.92 Å². The smallest absolute Gasteiger partial charge is 0.320 e. The van der Waals surface area contributed by atoms with Gasteiger partial charge in [-0.15, -0.1) is 0 Å². The van der Waals surface area contributed by atoms with Gasteiger partial charge in [0.05, 0.1) is 6.54 Å². The van der Waals surface area contributed by atoms with Gasteiger partial charge in [0.1, 0.15) is 6.04 Å². The molecule has 0 radical (unpaired) electrons. The molecule has 21 heavy (non-hydrogen) atoms. The molecule has 2 unspecified atom stereocenters. The third kappa shape index (κ3) is 4.70. The Kier molecular flexibility index (Phi) is 6.03. The predicted molar refractivity (Wildman–Crippen MR) is 81.1 cm³/mol. The summed E-state index contributed by atoms with van der Waals surface area (Å²) in [7, 11) is 0. The topological polar surface area (TPSA) is 60.9 Å². The highest BCUT2D eigenvalue weighted by Crippen LogP contribution is 2.23. The number of carbonyl (C=O) groups is 2. The van der Waals surface area contributed by atoms with Gasteiger partial charge in [-0.3, -0.25) is 14.5 Å². The van der Waals surface area contributed by atoms with Gasteiger partial charge in [0.15, 0.2) is 0 Å². The number of piperidine rings is 1. The normalized spacial score (nSPS) is 28.7. The van der Waals surface area contributed by atoms with Crippen LogP contribution in [0.1, 0.15) is 51.9 Å². The van der Waals surface area contributed by atoms with Gasteiger partial charge in [-0.25, -0.2) is 0 Å². The average Bonchev–Trinajstić information content (AvgIpc) is 2.40. The van der Waals surface area contributed by atoms with E-state index in [0.29, 0.717) is 12.3 Å². The zero-order valence-electron chi connectivity index (χ0n) is 13.1. The molecule has 1 N–H and O–H groups in total. The van der Waals surface area contributed by atoms with E-state index in [2.05, 4.69) is 6.92 Å². The molecule has 0 aromatic carbocycles. The van der Waals surface area contributed by atoms with Gasteiger partial charge in [0.25, 0.3) is 0 Å². The van der Waals surface area contributed by atoms with Gasteiger partial charge in [-0.2, -0.15) is 0 Å². The van der Waals surface area contributed by atoms with Crippen LogP contribution in [0.2, 0.25) is 0 Å². The minimum atomic E-state index is -0.790. The van der Waals surface area contributed by atoms with Gasteiger partial charge >= 0.3 is 5.97 Å². The summed E-state index contributed by atoms with van der Waals surface area (Å²) >= 11 is 0. The Labute approximate surface area is 127 Å². The third-order valence-corrected chi connectivity index (χ3v) is 4.81. The summed E-state index contributed by atoms with van der Waals surface area (Å²) in [6, 6.07) is -0.493. The molecule has 2 aliphatic rings. The first-order chi connectivity index (χ1) is 10.1. The fourth-order valence-corrected chi connectivity index (χ4v) is 3.41. The van der Waals surface area contributed by atoms with Crippen molar-refractivity contribution >= 4 is 11.9 Å². The maximum Gasteiger partial charge on any atom is 0.320 e. The van der Waals surface area contributed by atoms with Crippen LogP contribution in [0.3, 0.4) is 0 Å². The summed E-state index contributed by atoms with van der Waals surface area (Å²) in [5, 5.41) is 9.37. The van der Waals surface area contributed by atoms with Crippen molar-refractivity contribution in [1.29, 1.82) is 0 Å². The first-order valence-corrected chi connectivity index (χ1v) is 8.32. The number of hydrogen-bond acceptors (Lipinski definition) is 3. The van der Waals surface area contributed by atoms with Crippen LogP contribution in [-0.2, 0) is 9.59 Å². The fourth-order valence-electron chi connectivity index (χ4n) is 3.41. The second-order valence-corrected chi connectivity index (χ2v) is 6.60. The SMILES string of the molecule is CC1CCN(CC(=O)N2CCCCCCC2)C(C(=O)O)C1. The maximum absolute atomic E-state index is 12.5. The number of carboxylic acid groups (broad SMARTS) is 1. The zero-order valence-corrected chi connectivity index (χ0v) is 13.1. The van der Waals surface area contributed by atoms with E-state index in [9.17, 15) is 14.7 Å². The number of carboxylic acids is 1. The van der Waals surface area contributed by atoms with Crippen molar-refractivity contribution in [2.24, 2.45) is 5.92 Å². The van der Waals surface area contributed by atoms with Gasteiger partial charge in [0.2, 0.25) is 5.91 Å². The fraction of sp³-hybridized carbons (Fsp3) is 0.875. The first kappa shape index (κ1) is 16.3. The van der Waals surface area contributed by atoms with Crippen molar-refractivity contribution in [2.45, 2.75) is 57.9 Å². The van der Waals surface area contributed by atoms with Gasteiger partial charge in [-0.05, 0) is 38.1 Å². The third-order valence-electron chi connectivity index (χ3n) is 4.81. The number of likely N-dealkylation sites (tertiary alicyclic amines) is 2. The van der Waals surface area contributed by atoms with E-state index >= 15 is 0 Å². The molecule has 0 aromatic heterocycles. The van der Waals surface area contributed by atoms with E-state index in [4.69, 9.17) is 0 Å². The van der Waals surface area contributed by atoms with E-state index in [-0.39, 0.29) is 12.5 Å². The van der Waals surface area contributed by atoms with E-state index in [1.54, 1.807) is 0 Å². The predicted octanol–water partition coefficient (Wildman–Crippen LogP) is 1.96. The molecule has 2 saturated heterocycles. The van der Waals surface area contributed by atoms with Gasteiger partial charge in [0, 0.05) is 13.1 Å². The van der Waals surface area contributed by atoms with E-state index in [1.165, 1.54) is 19.3 Å². The molecule has 120 valence electrons. The highest BCUT2D eigenvalue weighted by atomic mass is 16.4. The molecular formula is C16H28N2O3. The van der Waals surface area contributed by atoms with Crippen LogP contribution < -0.4 is 0 Å². The maximum atomic E-state index is 12.5. The lowest BCUT2D eigenvalue weighted by Gasteiger charge is -2.36. The Morgan fingerprint density at radius 3 is 2.29 bits per heavy atom. The van der Waals surface area contributed by atoms with Crippen molar-refractivity contribution in [3.05, 3.63) is 0 Å². The lowest BCUT2D eigenvalue weighted by molar-refractivity contribution is -0.147. The van der Waals surface area contributed by atoms with E-state index < -0.39 is 12.0 Å². The van der Waals surface area contributed by atoms with Crippen molar-refractivity contribution < 1.29 is 14.7 Å². The van der Waals surface area contributed by atoms with Crippen LogP contribution in [0.15, 0.2) is 0 Å². The van der Waals surface area contributed by atoms with Crippen LogP contribution in [0.5, 0.6) is 0 Å². The Morgan fingerprint density at radius 2 is 1.67 bits per heavy atom. The number of hydrogen-bond donors (Lipinski definition) is 1. The molecule has 0 aliphatic carbocycles. The largest absolute Gasteiger partial charge is 0.480 e. The minimum Gasteiger partial charge on any atom is -0.480 e. The van der Waals surface area contributed by atoms with Crippen LogP contribution in [0.4, 0.5) is 0 Å². The van der Waals surface area contributed by atoms with Crippen LogP contribution in [0.25, 0.3) is 0 Å². The standard InChI is InChI=1S/C16H28N2O3/c1-13-7-10-18(14(11-13)16(20)21)12-15(19)17-8-5-3-2-4-6-9-17/h13-14H,2-12H2,1H3,(H,20,21). The number of rotatable bonds is 3. The summed E-state index contributed by atoms with van der Waals surface area (Å²) in [5.41, 5.74) is 0. The van der Waals surface area contributed by atoms with E-state index in [0.717, 1.165) is 38.9 Å². The molecule has 5 nitrogen and oxygen atoms in total. The second kappa shape index (κ2) is 7.78. The number of amides is 1. The highest BCUT2D eigenvalue weighted by Gasteiger charge is 2.33. The van der Waals surface area contributed by atoms with Crippen molar-refractivity contribution in [3.8, 4) is 0 Å². The molecule has 2 fully saturated rings. The second-order valence-electron chi connectivity index (χ2n) is 6.60. The summed E-state index contributed by atoms with van der Waals surface area (Å²) in [4.78, 5) is 27.7. The Hall–Kier alpha value is -1.10. The van der Waals surface area contributed by atoms with E-state index in [1.807, 2.05) is 9.80 Å². The van der Waals surface area contributed by atoms with Crippen LogP contribution >= 0.6 is 0 Å².